The van der Waals surface area contributed by atoms with Gasteiger partial charge in [0.05, 0.1) is 37.1 Å². The lowest BCUT2D eigenvalue weighted by Gasteiger charge is -2.35. The third-order valence-corrected chi connectivity index (χ3v) is 14.7. The van der Waals surface area contributed by atoms with Crippen LogP contribution in [0.5, 0.6) is 0 Å². The third kappa shape index (κ3) is 6.22. The van der Waals surface area contributed by atoms with Gasteiger partial charge in [0.1, 0.15) is 12.2 Å². The van der Waals surface area contributed by atoms with Gasteiger partial charge >= 0.3 is 18.0 Å². The van der Waals surface area contributed by atoms with Gasteiger partial charge in [0.15, 0.2) is 0 Å². The van der Waals surface area contributed by atoms with Crippen LogP contribution in [-0.4, -0.2) is 47.8 Å². The molecule has 11 heteroatoms. The van der Waals surface area contributed by atoms with E-state index >= 15 is 0 Å². The van der Waals surface area contributed by atoms with E-state index in [-0.39, 0.29) is 38.0 Å². The molecule has 2 aliphatic rings. The highest BCUT2D eigenvalue weighted by atomic mass is 28.3. The molecule has 5 rings (SSSR count). The van der Waals surface area contributed by atoms with Crippen LogP contribution in [0.3, 0.4) is 0 Å². The molecule has 4 heterocycles. The summed E-state index contributed by atoms with van der Waals surface area (Å²) in [6.45, 7) is 19.0. The van der Waals surface area contributed by atoms with E-state index in [1.807, 2.05) is 24.3 Å². The molecule has 0 saturated heterocycles. The lowest BCUT2D eigenvalue weighted by atomic mass is 9.85. The van der Waals surface area contributed by atoms with Gasteiger partial charge in [-0.1, -0.05) is 59.0 Å². The number of pyridine rings is 2. The molecule has 0 spiro atoms. The first-order valence-corrected chi connectivity index (χ1v) is 19.6. The summed E-state index contributed by atoms with van der Waals surface area (Å²) in [7, 11) is -2.10. The largest absolute Gasteiger partial charge is 0.457 e. The highest BCUT2D eigenvalue weighted by Gasteiger charge is 2.50. The summed E-state index contributed by atoms with van der Waals surface area (Å²) in [5.74, 6) is -0.860. The van der Waals surface area contributed by atoms with Crippen molar-refractivity contribution in [3.8, 4) is 11.4 Å². The average Bonchev–Trinajstić information content (AvgIpc) is 3.36. The molecule has 0 saturated carbocycles. The number of carbonyl (C=O) groups excluding carboxylic acids is 3. The fourth-order valence-corrected chi connectivity index (χ4v) is 11.0. The van der Waals surface area contributed by atoms with Crippen molar-refractivity contribution in [3.63, 3.8) is 0 Å². The van der Waals surface area contributed by atoms with Crippen LogP contribution in [0.25, 0.3) is 22.3 Å². The second kappa shape index (κ2) is 12.6. The molecule has 252 valence electrons. The summed E-state index contributed by atoms with van der Waals surface area (Å²) in [5, 5.41) is 5.05. The van der Waals surface area contributed by atoms with Crippen LogP contribution in [0, 0.1) is 5.92 Å². The van der Waals surface area contributed by atoms with Crippen molar-refractivity contribution in [2.45, 2.75) is 111 Å². The number of aromatic nitrogens is 2. The Labute approximate surface area is 277 Å². The van der Waals surface area contributed by atoms with Gasteiger partial charge in [0.25, 0.3) is 5.56 Å². The van der Waals surface area contributed by atoms with Gasteiger partial charge in [-0.15, -0.1) is 0 Å². The Bertz CT molecular complexity index is 1810. The molecule has 1 N–H and O–H groups in total. The number of hydrogen-bond donors (Lipinski definition) is 1. The lowest BCUT2D eigenvalue weighted by molar-refractivity contribution is -0.189. The van der Waals surface area contributed by atoms with Crippen molar-refractivity contribution in [2.75, 3.05) is 6.54 Å². The number of nitrogens with zero attached hydrogens (tertiary/aromatic N) is 2. The number of benzene rings is 1. The summed E-state index contributed by atoms with van der Waals surface area (Å²) >= 11 is 0. The summed E-state index contributed by atoms with van der Waals surface area (Å²) < 4.78 is 18.4. The minimum Gasteiger partial charge on any atom is -0.457 e. The summed E-state index contributed by atoms with van der Waals surface area (Å²) in [4.78, 5) is 57.9. The molecule has 2 unspecified atom stereocenters. The molecule has 0 fully saturated rings. The SMILES string of the molecule is CCC1(OC(=O)CCCNC(=O)OC(C)(C)C)C(=O)OCc2c1cc1n(c2=O)Cc2c-1nc1ccccc1c2[Si](C)(C)C(C)C(C)C. The smallest absolute Gasteiger partial charge is 0.407 e. The zero-order valence-corrected chi connectivity index (χ0v) is 30.0. The van der Waals surface area contributed by atoms with E-state index in [0.29, 0.717) is 34.8 Å². The van der Waals surface area contributed by atoms with Crippen LogP contribution in [0.4, 0.5) is 4.79 Å². The maximum atomic E-state index is 14.2. The number of cyclic esters (lactones) is 1. The highest BCUT2D eigenvalue weighted by molar-refractivity contribution is 6.93. The Morgan fingerprint density at radius 2 is 1.83 bits per heavy atom. The number of alkyl carbamates (subject to hydrolysis) is 1. The molecule has 1 aromatic carbocycles. The van der Waals surface area contributed by atoms with Gasteiger partial charge in [0.2, 0.25) is 5.60 Å². The zero-order chi connectivity index (χ0) is 34.5. The summed E-state index contributed by atoms with van der Waals surface area (Å²) in [6, 6.07) is 9.97. The number of rotatable bonds is 9. The first-order valence-electron chi connectivity index (χ1n) is 16.6. The Kier molecular flexibility index (Phi) is 9.17. The second-order valence-corrected chi connectivity index (χ2v) is 19.5. The van der Waals surface area contributed by atoms with Crippen LogP contribution in [0.2, 0.25) is 18.6 Å². The average molecular weight is 662 g/mol. The molecule has 3 aromatic rings. The topological polar surface area (TPSA) is 126 Å². The lowest BCUT2D eigenvalue weighted by Crippen LogP contribution is -2.49. The maximum Gasteiger partial charge on any atom is 0.407 e. The van der Waals surface area contributed by atoms with E-state index in [4.69, 9.17) is 19.2 Å². The summed E-state index contributed by atoms with van der Waals surface area (Å²) in [6.07, 6.45) is -0.283. The molecule has 10 nitrogen and oxygen atoms in total. The van der Waals surface area contributed by atoms with E-state index in [0.717, 1.165) is 22.2 Å². The molecule has 0 aliphatic carbocycles. The Hall–Kier alpha value is -3.99. The molecule has 1 amide bonds. The number of para-hydroxylation sites is 1. The van der Waals surface area contributed by atoms with Crippen molar-refractivity contribution in [1.29, 1.82) is 0 Å². The Balaban J connectivity index is 1.54. The van der Waals surface area contributed by atoms with Gasteiger partial charge in [-0.3, -0.25) is 9.59 Å². The predicted molar refractivity (Wildman–Crippen MR) is 183 cm³/mol. The first-order chi connectivity index (χ1) is 22.0. The molecular weight excluding hydrogens is 614 g/mol. The van der Waals surface area contributed by atoms with E-state index in [9.17, 15) is 19.2 Å². The first kappa shape index (κ1) is 34.3. The normalized spacial score (nSPS) is 17.9. The van der Waals surface area contributed by atoms with E-state index in [1.165, 1.54) is 5.19 Å². The zero-order valence-electron chi connectivity index (χ0n) is 29.0. The molecule has 47 heavy (non-hydrogen) atoms. The number of ether oxygens (including phenoxy) is 3. The minimum atomic E-state index is -2.10. The van der Waals surface area contributed by atoms with Crippen molar-refractivity contribution < 1.29 is 28.6 Å². The van der Waals surface area contributed by atoms with Crippen LogP contribution in [0.15, 0.2) is 35.1 Å². The Morgan fingerprint density at radius 3 is 2.49 bits per heavy atom. The van der Waals surface area contributed by atoms with Gasteiger partial charge in [-0.2, -0.15) is 0 Å². The fraction of sp³-hybridized carbons (Fsp3) is 0.528. The van der Waals surface area contributed by atoms with Crippen LogP contribution in [0.1, 0.15) is 84.4 Å². The van der Waals surface area contributed by atoms with Crippen molar-refractivity contribution in [2.24, 2.45) is 5.92 Å². The number of fused-ring (bicyclic) bond motifs is 5. The maximum absolute atomic E-state index is 14.2. The minimum absolute atomic E-state index is 0.0580. The van der Waals surface area contributed by atoms with E-state index in [1.54, 1.807) is 32.3 Å². The quantitative estimate of drug-likeness (QED) is 0.102. The molecule has 2 atom stereocenters. The second-order valence-electron chi connectivity index (χ2n) is 14.7. The van der Waals surface area contributed by atoms with Crippen molar-refractivity contribution in [3.05, 3.63) is 57.4 Å². The fourth-order valence-electron chi connectivity index (χ4n) is 6.97. The molecule has 2 aliphatic heterocycles. The van der Waals surface area contributed by atoms with Gasteiger partial charge in [-0.05, 0) is 73.3 Å². The number of carbonyl (C=O) groups is 3. The van der Waals surface area contributed by atoms with Crippen LogP contribution >= 0.6 is 0 Å². The van der Waals surface area contributed by atoms with Gasteiger partial charge in [-0.25, -0.2) is 14.6 Å². The summed E-state index contributed by atoms with van der Waals surface area (Å²) in [5.41, 5.74) is 1.69. The number of hydrogen-bond acceptors (Lipinski definition) is 8. The molecule has 0 bridgehead atoms. The highest BCUT2D eigenvalue weighted by Crippen LogP contribution is 2.42. The molecule has 2 aromatic heterocycles. The van der Waals surface area contributed by atoms with Crippen molar-refractivity contribution in [1.82, 2.24) is 14.9 Å². The predicted octanol–water partition coefficient (Wildman–Crippen LogP) is 5.90. The van der Waals surface area contributed by atoms with Crippen molar-refractivity contribution >= 4 is 42.2 Å². The molecular formula is C36H47N3O7Si. The van der Waals surface area contributed by atoms with Crippen LogP contribution in [-0.2, 0) is 42.6 Å². The van der Waals surface area contributed by atoms with Gasteiger partial charge < -0.3 is 24.1 Å². The van der Waals surface area contributed by atoms with E-state index < -0.39 is 37.3 Å². The Morgan fingerprint density at radius 1 is 1.13 bits per heavy atom. The van der Waals surface area contributed by atoms with Gasteiger partial charge in [0, 0.05) is 18.5 Å². The third-order valence-electron chi connectivity index (χ3n) is 9.86. The van der Waals surface area contributed by atoms with Crippen LogP contribution < -0.4 is 16.1 Å². The molecule has 0 radical (unpaired) electrons. The van der Waals surface area contributed by atoms with E-state index in [2.05, 4.69) is 45.2 Å². The monoisotopic (exact) mass is 661 g/mol. The standard InChI is InChI=1S/C36H47N3O7Si/c1-10-36(45-29(40)16-13-17-37-34(43)46-35(5,6)7)26-18-28-30-24(19-39(28)32(41)25(26)20-44-33(36)42)31(47(8,9)22(4)21(2)3)23-14-11-12-15-27(23)38-30/h11-12,14-15,18,21-22H,10,13,16-17,19-20H2,1-9H3,(H,37,43). The number of amides is 1. The number of nitrogens with one attached hydrogen (secondary N) is 1. The number of esters is 2.